The molecule has 1 amide bonds. The van der Waals surface area contributed by atoms with Crippen LogP contribution in [-0.2, 0) is 18.4 Å². The van der Waals surface area contributed by atoms with Gasteiger partial charge in [-0.1, -0.05) is 12.1 Å². The van der Waals surface area contributed by atoms with E-state index < -0.39 is 0 Å². The minimum Gasteiger partial charge on any atom is -0.497 e. The number of aryl methyl sites for hydroxylation is 1. The molecule has 1 saturated carbocycles. The molecular formula is C21H29N5O2. The van der Waals surface area contributed by atoms with E-state index in [-0.39, 0.29) is 11.9 Å². The smallest absolute Gasteiger partial charge is 0.237 e. The fourth-order valence-corrected chi connectivity index (χ4v) is 3.89. The number of hydrogen-bond acceptors (Lipinski definition) is 5. The maximum absolute atomic E-state index is 13.2. The number of imidazole rings is 1. The third-order valence-corrected chi connectivity index (χ3v) is 5.67. The van der Waals surface area contributed by atoms with Crippen LogP contribution in [0, 0.1) is 0 Å². The molecule has 7 heteroatoms. The maximum Gasteiger partial charge on any atom is 0.237 e. The van der Waals surface area contributed by atoms with Gasteiger partial charge >= 0.3 is 0 Å². The van der Waals surface area contributed by atoms with Crippen LogP contribution in [0.5, 0.6) is 5.75 Å². The third kappa shape index (κ3) is 4.20. The number of rotatable bonds is 7. The molecule has 2 aromatic rings. The normalized spacial score (nSPS) is 20.1. The lowest BCUT2D eigenvalue weighted by molar-refractivity contribution is -0.134. The van der Waals surface area contributed by atoms with Gasteiger partial charge in [0.15, 0.2) is 0 Å². The van der Waals surface area contributed by atoms with Gasteiger partial charge in [-0.15, -0.1) is 0 Å². The van der Waals surface area contributed by atoms with Crippen molar-refractivity contribution in [3.05, 3.63) is 48.0 Å². The summed E-state index contributed by atoms with van der Waals surface area (Å²) in [7, 11) is 3.68. The molecule has 1 aliphatic carbocycles. The minimum absolute atomic E-state index is 0.125. The van der Waals surface area contributed by atoms with E-state index in [4.69, 9.17) is 4.74 Å². The van der Waals surface area contributed by atoms with Crippen LogP contribution in [0.2, 0.25) is 0 Å². The van der Waals surface area contributed by atoms with Gasteiger partial charge in [0.05, 0.1) is 19.7 Å². The Morgan fingerprint density at radius 1 is 1.32 bits per heavy atom. The summed E-state index contributed by atoms with van der Waals surface area (Å²) in [5.41, 5.74) is 1.14. The van der Waals surface area contributed by atoms with E-state index in [1.54, 1.807) is 7.11 Å². The highest BCUT2D eigenvalue weighted by Gasteiger charge is 2.35. The van der Waals surface area contributed by atoms with Crippen LogP contribution in [-0.4, -0.2) is 64.6 Å². The Balaban J connectivity index is 1.45. The molecule has 0 spiro atoms. The summed E-state index contributed by atoms with van der Waals surface area (Å²) < 4.78 is 7.28. The van der Waals surface area contributed by atoms with Crippen LogP contribution in [0.25, 0.3) is 0 Å². The van der Waals surface area contributed by atoms with E-state index in [2.05, 4.69) is 20.1 Å². The van der Waals surface area contributed by atoms with E-state index in [0.29, 0.717) is 19.1 Å². The summed E-state index contributed by atoms with van der Waals surface area (Å²) in [4.78, 5) is 22.1. The standard InChI is InChI=1S/C21H29N5O2/c1-24-11-10-23-21(24)19-13-22-9-12-25(19)15-20(27)26(17-5-6-17)14-16-3-7-18(28-2)8-4-16/h3-4,7-8,10-11,17,19,22H,5-6,9,12-15H2,1-2H3. The van der Waals surface area contributed by atoms with Crippen LogP contribution in [0.4, 0.5) is 0 Å². The lowest BCUT2D eigenvalue weighted by Crippen LogP contribution is -2.51. The van der Waals surface area contributed by atoms with Crippen LogP contribution in [0.3, 0.4) is 0 Å². The van der Waals surface area contributed by atoms with Gasteiger partial charge in [-0.2, -0.15) is 0 Å². The monoisotopic (exact) mass is 383 g/mol. The second-order valence-electron chi connectivity index (χ2n) is 7.69. The number of amides is 1. The molecule has 1 saturated heterocycles. The quantitative estimate of drug-likeness (QED) is 0.786. The summed E-state index contributed by atoms with van der Waals surface area (Å²) in [6.45, 7) is 3.67. The molecule has 2 heterocycles. The molecule has 1 unspecified atom stereocenters. The number of methoxy groups -OCH3 is 1. The second-order valence-corrected chi connectivity index (χ2v) is 7.69. The Morgan fingerprint density at radius 2 is 2.11 bits per heavy atom. The van der Waals surface area contributed by atoms with Gasteiger partial charge in [-0.3, -0.25) is 9.69 Å². The van der Waals surface area contributed by atoms with E-state index in [1.165, 1.54) is 0 Å². The Kier molecular flexibility index (Phi) is 5.64. The summed E-state index contributed by atoms with van der Waals surface area (Å²) >= 11 is 0. The summed E-state index contributed by atoms with van der Waals surface area (Å²) in [6, 6.07) is 8.51. The molecule has 2 fully saturated rings. The molecule has 7 nitrogen and oxygen atoms in total. The molecule has 1 aliphatic heterocycles. The van der Waals surface area contributed by atoms with Crippen molar-refractivity contribution < 1.29 is 9.53 Å². The molecule has 2 aliphatic rings. The molecule has 1 aromatic carbocycles. The van der Waals surface area contributed by atoms with Gasteiger partial charge in [0.2, 0.25) is 5.91 Å². The van der Waals surface area contributed by atoms with Crippen molar-refractivity contribution in [2.24, 2.45) is 7.05 Å². The lowest BCUT2D eigenvalue weighted by Gasteiger charge is -2.36. The zero-order chi connectivity index (χ0) is 19.5. The number of piperazine rings is 1. The first-order valence-electron chi connectivity index (χ1n) is 10.00. The Bertz CT molecular complexity index is 799. The van der Waals surface area contributed by atoms with Crippen molar-refractivity contribution in [3.8, 4) is 5.75 Å². The van der Waals surface area contributed by atoms with Gasteiger partial charge in [-0.25, -0.2) is 4.98 Å². The van der Waals surface area contributed by atoms with Gasteiger partial charge in [0.25, 0.3) is 0 Å². The topological polar surface area (TPSA) is 62.6 Å². The molecule has 1 N–H and O–H groups in total. The number of carbonyl (C=O) groups is 1. The highest BCUT2D eigenvalue weighted by Crippen LogP contribution is 2.30. The predicted molar refractivity (Wildman–Crippen MR) is 107 cm³/mol. The van der Waals surface area contributed by atoms with E-state index in [1.807, 2.05) is 48.3 Å². The summed E-state index contributed by atoms with van der Waals surface area (Å²) in [5, 5.41) is 3.44. The van der Waals surface area contributed by atoms with E-state index in [0.717, 1.165) is 49.6 Å². The maximum atomic E-state index is 13.2. The Morgan fingerprint density at radius 3 is 2.75 bits per heavy atom. The van der Waals surface area contributed by atoms with Crippen LogP contribution < -0.4 is 10.1 Å². The number of nitrogens with zero attached hydrogens (tertiary/aromatic N) is 4. The first-order valence-corrected chi connectivity index (χ1v) is 10.00. The third-order valence-electron chi connectivity index (χ3n) is 5.67. The van der Waals surface area contributed by atoms with Crippen molar-refractivity contribution in [1.82, 2.24) is 24.7 Å². The SMILES string of the molecule is COc1ccc(CN(C(=O)CN2CCNCC2c2nccn2C)C2CC2)cc1. The van der Waals surface area contributed by atoms with Crippen molar-refractivity contribution in [1.29, 1.82) is 0 Å². The molecular weight excluding hydrogens is 354 g/mol. The first kappa shape index (κ1) is 19.0. The van der Waals surface area contributed by atoms with Gasteiger partial charge in [0.1, 0.15) is 11.6 Å². The Hall–Kier alpha value is -2.38. The van der Waals surface area contributed by atoms with E-state index >= 15 is 0 Å². The van der Waals surface area contributed by atoms with Gasteiger partial charge in [0, 0.05) is 51.7 Å². The number of hydrogen-bond donors (Lipinski definition) is 1. The molecule has 28 heavy (non-hydrogen) atoms. The molecule has 0 bridgehead atoms. The van der Waals surface area contributed by atoms with Crippen molar-refractivity contribution >= 4 is 5.91 Å². The van der Waals surface area contributed by atoms with Crippen LogP contribution in [0.1, 0.15) is 30.3 Å². The average Bonchev–Trinajstić information content (AvgIpc) is 3.47. The van der Waals surface area contributed by atoms with Gasteiger partial charge < -0.3 is 19.5 Å². The fraction of sp³-hybridized carbons (Fsp3) is 0.524. The lowest BCUT2D eigenvalue weighted by atomic mass is 10.1. The molecule has 1 aromatic heterocycles. The van der Waals surface area contributed by atoms with Crippen molar-refractivity contribution in [2.45, 2.75) is 31.5 Å². The van der Waals surface area contributed by atoms with Crippen LogP contribution in [0.15, 0.2) is 36.7 Å². The fourth-order valence-electron chi connectivity index (χ4n) is 3.89. The minimum atomic E-state index is 0.125. The molecule has 0 radical (unpaired) electrons. The van der Waals surface area contributed by atoms with Gasteiger partial charge in [-0.05, 0) is 30.5 Å². The number of benzene rings is 1. The van der Waals surface area contributed by atoms with Crippen LogP contribution >= 0.6 is 0 Å². The van der Waals surface area contributed by atoms with Crippen molar-refractivity contribution in [3.63, 3.8) is 0 Å². The second kappa shape index (κ2) is 8.32. The molecule has 1 atom stereocenters. The number of nitrogens with one attached hydrogen (secondary N) is 1. The first-order chi connectivity index (χ1) is 13.7. The zero-order valence-corrected chi connectivity index (χ0v) is 16.7. The number of aromatic nitrogens is 2. The van der Waals surface area contributed by atoms with E-state index in [9.17, 15) is 4.79 Å². The average molecular weight is 383 g/mol. The zero-order valence-electron chi connectivity index (χ0n) is 16.7. The van der Waals surface area contributed by atoms with Crippen molar-refractivity contribution in [2.75, 3.05) is 33.3 Å². The molecule has 150 valence electrons. The number of ether oxygens (including phenoxy) is 1. The summed E-state index contributed by atoms with van der Waals surface area (Å²) in [6.07, 6.45) is 5.99. The highest BCUT2D eigenvalue weighted by atomic mass is 16.5. The largest absolute Gasteiger partial charge is 0.497 e. The predicted octanol–water partition coefficient (Wildman–Crippen LogP) is 1.57. The summed E-state index contributed by atoms with van der Waals surface area (Å²) in [5.74, 6) is 2.05. The number of carbonyl (C=O) groups excluding carboxylic acids is 1. The highest BCUT2D eigenvalue weighted by molar-refractivity contribution is 5.79. The molecule has 4 rings (SSSR count). The Labute approximate surface area is 166 Å².